The molecule has 1 radical (unpaired) electrons. The zero-order valence-electron chi connectivity index (χ0n) is 42.5. The summed E-state index contributed by atoms with van der Waals surface area (Å²) in [7, 11) is -4.53. The molecule has 0 N–H and O–H groups in total. The van der Waals surface area contributed by atoms with Crippen molar-refractivity contribution in [2.45, 2.75) is 257 Å². The molecule has 13 heteroatoms. The number of aliphatic imine (C=N–C) groups is 3. The molecular weight excluding hydrogens is 855 g/mol. The largest absolute Gasteiger partial charge is 3.00 e. The first-order valence-electron chi connectivity index (χ1n) is 20.8. The van der Waals surface area contributed by atoms with Crippen LogP contribution >= 0.6 is 0 Å². The van der Waals surface area contributed by atoms with E-state index in [1.54, 1.807) is 0 Å². The first-order chi connectivity index (χ1) is 23.6. The Morgan fingerprint density at radius 3 is 0.582 bits per heavy atom. The van der Waals surface area contributed by atoms with Crippen LogP contribution in [0.1, 0.15) is 145 Å². The van der Waals surface area contributed by atoms with Gasteiger partial charge in [0.2, 0.25) is 0 Å². The Labute approximate surface area is 383 Å². The summed E-state index contributed by atoms with van der Waals surface area (Å²) in [5.74, 6) is 2.81. The predicted octanol–water partition coefficient (Wildman–Crippen LogP) is 13.4. The van der Waals surface area contributed by atoms with Crippen molar-refractivity contribution in [3.8, 4) is 0 Å². The van der Waals surface area contributed by atoms with Gasteiger partial charge in [-0.3, -0.25) is 0 Å². The van der Waals surface area contributed by atoms with Gasteiger partial charge in [-0.15, -0.1) is 0 Å². The van der Waals surface area contributed by atoms with Crippen molar-refractivity contribution in [1.82, 2.24) is 13.7 Å². The van der Waals surface area contributed by atoms with Crippen LogP contribution in [0.2, 0.25) is 58.9 Å². The fourth-order valence-corrected chi connectivity index (χ4v) is 14.8. The van der Waals surface area contributed by atoms with Gasteiger partial charge >= 0.3 is 41.7 Å². The number of hydrogen-bond acceptors (Lipinski definition) is 3. The molecule has 0 unspecified atom stereocenters. The molecule has 0 aromatic carbocycles. The monoisotopic (exact) mass is 951 g/mol. The summed E-state index contributed by atoms with van der Waals surface area (Å²) in [6.45, 7) is 66.7. The van der Waals surface area contributed by atoms with Crippen LogP contribution in [-0.2, 0) is 0 Å². The summed E-state index contributed by atoms with van der Waals surface area (Å²) in [6.07, 6.45) is 0. The smallest absolute Gasteiger partial charge is 0.433 e. The van der Waals surface area contributed by atoms with Gasteiger partial charge in [0.05, 0.1) is 24.7 Å². The Hall–Kier alpha value is -0.163. The van der Waals surface area contributed by atoms with Crippen molar-refractivity contribution in [3.63, 3.8) is 0 Å². The van der Waals surface area contributed by atoms with E-state index in [9.17, 15) is 0 Å². The Balaban J connectivity index is -0.000000351. The van der Waals surface area contributed by atoms with Crippen LogP contribution < -0.4 is 0 Å². The van der Waals surface area contributed by atoms with Crippen molar-refractivity contribution in [1.29, 1.82) is 0 Å². The van der Waals surface area contributed by atoms with Crippen LogP contribution in [0, 0.1) is 41.7 Å². The minimum atomic E-state index is -1.51. The maximum absolute atomic E-state index is 4.76. The minimum absolute atomic E-state index is 0. The zero-order valence-corrected chi connectivity index (χ0v) is 48.6. The quantitative estimate of drug-likeness (QED) is 0.131. The second-order valence-electron chi connectivity index (χ2n) is 22.3. The van der Waals surface area contributed by atoms with Gasteiger partial charge in [-0.1, -0.05) is 204 Å². The van der Waals surface area contributed by atoms with E-state index >= 15 is 0 Å². The van der Waals surface area contributed by atoms with Crippen molar-refractivity contribution in [2.75, 3.05) is 0 Å². The second-order valence-corrected chi connectivity index (χ2v) is 36.6. The zero-order chi connectivity index (χ0) is 44.2. The molecule has 325 valence electrons. The van der Waals surface area contributed by atoms with Crippen LogP contribution in [0.5, 0.6) is 0 Å². The van der Waals surface area contributed by atoms with Crippen LogP contribution in [0.3, 0.4) is 0 Å². The normalized spacial score (nSPS) is 14.1. The number of nitrogens with zero attached hydrogens (tertiary/aromatic N) is 9. The van der Waals surface area contributed by atoms with Crippen LogP contribution in [0.15, 0.2) is 15.0 Å². The van der Waals surface area contributed by atoms with E-state index < -0.39 is 24.7 Å². The average molecular weight is 952 g/mol. The van der Waals surface area contributed by atoms with Gasteiger partial charge < -0.3 is 44.6 Å². The topological polar surface area (TPSA) is 89.1 Å². The molecule has 0 heterocycles. The molecule has 0 spiro atoms. The maximum Gasteiger partial charge on any atom is 3.00 e. The molecule has 0 aromatic rings. The van der Waals surface area contributed by atoms with Crippen LogP contribution in [0.25, 0.3) is 16.0 Å². The number of hydrogen-bond donors (Lipinski definition) is 0. The summed E-state index contributed by atoms with van der Waals surface area (Å²) in [6, 6.07) is 1.69. The minimum Gasteiger partial charge on any atom is -0.433 e. The van der Waals surface area contributed by atoms with Gasteiger partial charge in [-0.2, -0.15) is 0 Å². The molecule has 0 aliphatic rings. The van der Waals surface area contributed by atoms with E-state index in [4.69, 9.17) is 30.9 Å². The van der Waals surface area contributed by atoms with Crippen molar-refractivity contribution >= 4 is 42.6 Å². The molecule has 55 heavy (non-hydrogen) atoms. The van der Waals surface area contributed by atoms with Gasteiger partial charge in [0.1, 0.15) is 0 Å². The predicted molar refractivity (Wildman–Crippen MR) is 258 cm³/mol. The summed E-state index contributed by atoms with van der Waals surface area (Å²) < 4.78 is 7.38. The fourth-order valence-electron chi connectivity index (χ4n) is 6.65. The summed E-state index contributed by atoms with van der Waals surface area (Å²) in [4.78, 5) is 14.3. The molecule has 0 rings (SSSR count). The number of rotatable bonds is 9. The van der Waals surface area contributed by atoms with Gasteiger partial charge in [0.15, 0.2) is 0 Å². The molecule has 0 saturated carbocycles. The van der Waals surface area contributed by atoms with Crippen LogP contribution in [0.4, 0.5) is 0 Å². The number of guanidine groups is 3. The standard InChI is InChI=1S/3C14H32N3Si.Ce/c3*1-11(2)15-13(16-12(3)4)17(14(5,6)7)18(8,9)10;/h3*11-12H,1-10H3;/q3*-1;+3. The van der Waals surface area contributed by atoms with Gasteiger partial charge in [0, 0.05) is 17.9 Å². The summed E-state index contributed by atoms with van der Waals surface area (Å²) >= 11 is 0. The SMILES string of the molecule is CC(C)N=C([N-]C(C)C)N(C(C)(C)C)[Si](C)(C)C.CC(C)N=C([N-]C(C)C)N(C(C)(C)C)[Si](C)(C)C.CC(C)N=C([N-]C(C)C)N(C(C)(C)C)[Si](C)(C)C.[Ce+3]. The van der Waals surface area contributed by atoms with E-state index in [1.165, 1.54) is 0 Å². The van der Waals surface area contributed by atoms with E-state index in [1.807, 2.05) is 0 Å². The van der Waals surface area contributed by atoms with Gasteiger partial charge in [0.25, 0.3) is 0 Å². The molecule has 0 bridgehead atoms. The second kappa shape index (κ2) is 24.8. The van der Waals surface area contributed by atoms with Crippen molar-refractivity contribution in [2.24, 2.45) is 15.0 Å². The van der Waals surface area contributed by atoms with E-state index in [-0.39, 0.29) is 94.6 Å². The fraction of sp³-hybridized carbons (Fsp3) is 0.929. The molecule has 0 amide bonds. The van der Waals surface area contributed by atoms with E-state index in [0.717, 1.165) is 17.9 Å². The third kappa shape index (κ3) is 28.0. The van der Waals surface area contributed by atoms with Crippen molar-refractivity contribution in [3.05, 3.63) is 16.0 Å². The average Bonchev–Trinajstić information content (AvgIpc) is 2.76. The van der Waals surface area contributed by atoms with E-state index in [0.29, 0.717) is 0 Å². The molecule has 9 nitrogen and oxygen atoms in total. The molecule has 0 aliphatic heterocycles. The molecule has 0 saturated heterocycles. The van der Waals surface area contributed by atoms with Gasteiger partial charge in [-0.05, 0) is 52.9 Å². The maximum atomic E-state index is 4.76. The third-order valence-electron chi connectivity index (χ3n) is 6.87. The first-order valence-corrected chi connectivity index (χ1v) is 31.2. The first kappa shape index (κ1) is 61.5. The Morgan fingerprint density at radius 1 is 0.364 bits per heavy atom. The molecule has 0 fully saturated rings. The molecule has 0 atom stereocenters. The Morgan fingerprint density at radius 2 is 0.509 bits per heavy atom. The molecule has 0 aromatic heterocycles. The summed E-state index contributed by atoms with van der Waals surface area (Å²) in [5, 5.41) is 14.3. The molecule has 0 aliphatic carbocycles. The van der Waals surface area contributed by atoms with Crippen molar-refractivity contribution < 1.29 is 41.7 Å². The third-order valence-corrected chi connectivity index (χ3v) is 13.5. The van der Waals surface area contributed by atoms with Gasteiger partial charge in [-0.25, -0.2) is 0 Å². The Bertz CT molecular complexity index is 955. The van der Waals surface area contributed by atoms with Crippen LogP contribution in [-0.4, -0.2) is 109 Å². The Kier molecular flexibility index (Phi) is 27.7. The van der Waals surface area contributed by atoms with E-state index in [2.05, 4.69) is 218 Å². The molecular formula is C42H96CeN9Si3. The summed E-state index contributed by atoms with van der Waals surface area (Å²) in [5.41, 5.74) is 0.198.